The molecule has 0 aromatic heterocycles. The van der Waals surface area contributed by atoms with E-state index in [2.05, 4.69) is 17.0 Å². The number of anilines is 1. The van der Waals surface area contributed by atoms with Crippen LogP contribution < -0.4 is 4.90 Å². The number of halogens is 2. The van der Waals surface area contributed by atoms with Crippen molar-refractivity contribution in [3.8, 4) is 0 Å². The number of carboxylic acids is 1. The molecule has 4 rings (SSSR count). The Kier molecular flexibility index (Phi) is 8.24. The number of carbonyl (C=O) groups is 2. The lowest BCUT2D eigenvalue weighted by Crippen LogP contribution is -2.36. The van der Waals surface area contributed by atoms with E-state index in [1.165, 1.54) is 11.8 Å². The van der Waals surface area contributed by atoms with E-state index in [4.69, 9.17) is 23.2 Å². The van der Waals surface area contributed by atoms with Crippen LogP contribution in [-0.2, 0) is 9.59 Å². The van der Waals surface area contributed by atoms with Crippen LogP contribution in [0.3, 0.4) is 0 Å². The van der Waals surface area contributed by atoms with Crippen molar-refractivity contribution >= 4 is 58.6 Å². The maximum atomic E-state index is 12.4. The minimum atomic E-state index is -0.707. The molecule has 2 aromatic rings. The van der Waals surface area contributed by atoms with E-state index in [1.54, 1.807) is 17.1 Å². The first-order chi connectivity index (χ1) is 16.4. The number of carboxylic acid groups (broad SMARTS) is 1. The molecule has 0 saturated carbocycles. The summed E-state index contributed by atoms with van der Waals surface area (Å²) in [5.74, 6) is -1.00. The summed E-state index contributed by atoms with van der Waals surface area (Å²) in [7, 11) is 0. The van der Waals surface area contributed by atoms with Crippen LogP contribution in [-0.4, -0.2) is 48.1 Å². The molecule has 0 bridgehead atoms. The van der Waals surface area contributed by atoms with E-state index < -0.39 is 5.97 Å². The van der Waals surface area contributed by atoms with Gasteiger partial charge in [-0.3, -0.25) is 9.59 Å². The van der Waals surface area contributed by atoms with Gasteiger partial charge in [-0.05, 0) is 55.2 Å². The van der Waals surface area contributed by atoms with Crippen LogP contribution in [0.25, 0.3) is 6.08 Å². The molecular formula is C26H26Cl2N2O3S. The molecule has 2 aliphatic rings. The van der Waals surface area contributed by atoms with Gasteiger partial charge in [0.15, 0.2) is 0 Å². The predicted molar refractivity (Wildman–Crippen MR) is 139 cm³/mol. The summed E-state index contributed by atoms with van der Waals surface area (Å²) in [5, 5.41) is 10.1. The van der Waals surface area contributed by atoms with Crippen LogP contribution in [0.1, 0.15) is 24.8 Å². The normalized spacial score (nSPS) is 16.9. The van der Waals surface area contributed by atoms with E-state index >= 15 is 0 Å². The van der Waals surface area contributed by atoms with Crippen LogP contribution in [0.5, 0.6) is 0 Å². The molecule has 1 fully saturated rings. The standard InChI is InChI=1S/C26H26Cl2N2O3S/c27-24-18(8-10-23(31)30-13-2-1-3-14-30)7-9-22(25(24)28)34-21-6-4-5-20(17-21)29-15-11-19(12-16-29)26(32)33/h1-2,4-10,17,19H,3,11-16H2,(H,32,33)/b10-8+. The number of hydrogen-bond donors (Lipinski definition) is 1. The topological polar surface area (TPSA) is 60.9 Å². The fraction of sp³-hybridized carbons (Fsp3) is 0.308. The van der Waals surface area contributed by atoms with Crippen molar-refractivity contribution in [2.75, 3.05) is 31.1 Å². The molecule has 2 heterocycles. The van der Waals surface area contributed by atoms with Gasteiger partial charge in [0, 0.05) is 47.7 Å². The Balaban J connectivity index is 1.43. The molecule has 178 valence electrons. The zero-order chi connectivity index (χ0) is 24.1. The largest absolute Gasteiger partial charge is 0.481 e. The van der Waals surface area contributed by atoms with Gasteiger partial charge in [0.25, 0.3) is 0 Å². The lowest BCUT2D eigenvalue weighted by atomic mass is 9.97. The van der Waals surface area contributed by atoms with Gasteiger partial charge in [-0.15, -0.1) is 0 Å². The molecule has 0 aliphatic carbocycles. The number of rotatable bonds is 6. The first-order valence-corrected chi connectivity index (χ1v) is 12.9. The zero-order valence-corrected chi connectivity index (χ0v) is 21.0. The maximum Gasteiger partial charge on any atom is 0.306 e. The summed E-state index contributed by atoms with van der Waals surface area (Å²) >= 11 is 14.7. The monoisotopic (exact) mass is 516 g/mol. The fourth-order valence-electron chi connectivity index (χ4n) is 4.12. The number of aliphatic carboxylic acids is 1. The molecule has 1 amide bonds. The van der Waals surface area contributed by atoms with Gasteiger partial charge < -0.3 is 14.9 Å². The molecule has 5 nitrogen and oxygen atoms in total. The first kappa shape index (κ1) is 24.7. The highest BCUT2D eigenvalue weighted by Gasteiger charge is 2.24. The lowest BCUT2D eigenvalue weighted by molar-refractivity contribution is -0.142. The number of amides is 1. The second-order valence-corrected chi connectivity index (χ2v) is 10.2. The van der Waals surface area contributed by atoms with E-state index in [-0.39, 0.29) is 11.8 Å². The minimum Gasteiger partial charge on any atom is -0.481 e. The summed E-state index contributed by atoms with van der Waals surface area (Å²) in [6.45, 7) is 2.81. The predicted octanol–water partition coefficient (Wildman–Crippen LogP) is 6.25. The molecule has 2 aliphatic heterocycles. The van der Waals surface area contributed by atoms with Gasteiger partial charge in [0.2, 0.25) is 5.91 Å². The lowest BCUT2D eigenvalue weighted by Gasteiger charge is -2.32. The molecule has 2 aromatic carbocycles. The summed E-state index contributed by atoms with van der Waals surface area (Å²) in [4.78, 5) is 29.5. The highest BCUT2D eigenvalue weighted by molar-refractivity contribution is 7.99. The smallest absolute Gasteiger partial charge is 0.306 e. The molecule has 1 N–H and O–H groups in total. The maximum absolute atomic E-state index is 12.4. The van der Waals surface area contributed by atoms with Gasteiger partial charge in [0.1, 0.15) is 0 Å². The third-order valence-electron chi connectivity index (χ3n) is 6.11. The summed E-state index contributed by atoms with van der Waals surface area (Å²) in [6, 6.07) is 11.9. The van der Waals surface area contributed by atoms with Crippen LogP contribution >= 0.6 is 35.0 Å². The van der Waals surface area contributed by atoms with Crippen molar-refractivity contribution in [2.24, 2.45) is 5.92 Å². The third-order valence-corrected chi connectivity index (χ3v) is 8.17. The van der Waals surface area contributed by atoms with E-state index in [1.807, 2.05) is 36.4 Å². The van der Waals surface area contributed by atoms with Gasteiger partial charge in [0.05, 0.1) is 16.0 Å². The quantitative estimate of drug-likeness (QED) is 0.363. The van der Waals surface area contributed by atoms with Crippen LogP contribution in [0.15, 0.2) is 64.4 Å². The SMILES string of the molecule is O=C(O)C1CCN(c2cccc(Sc3ccc(/C=C/C(=O)N4CC=CCC4)c(Cl)c3Cl)c2)CC1. The van der Waals surface area contributed by atoms with Gasteiger partial charge in [-0.25, -0.2) is 0 Å². The van der Waals surface area contributed by atoms with E-state index in [9.17, 15) is 14.7 Å². The number of carbonyl (C=O) groups excluding carboxylic acids is 1. The number of hydrogen-bond acceptors (Lipinski definition) is 4. The Bertz CT molecular complexity index is 1130. The van der Waals surface area contributed by atoms with Crippen molar-refractivity contribution in [3.05, 3.63) is 70.2 Å². The number of benzene rings is 2. The first-order valence-electron chi connectivity index (χ1n) is 11.3. The Morgan fingerprint density at radius 2 is 1.82 bits per heavy atom. The number of piperidine rings is 1. The van der Waals surface area contributed by atoms with Crippen molar-refractivity contribution < 1.29 is 14.7 Å². The Labute approximate surface area is 214 Å². The molecule has 0 atom stereocenters. The molecule has 0 unspecified atom stereocenters. The third kappa shape index (κ3) is 5.98. The summed E-state index contributed by atoms with van der Waals surface area (Å²) < 4.78 is 0. The molecule has 0 radical (unpaired) electrons. The van der Waals surface area contributed by atoms with Crippen molar-refractivity contribution in [3.63, 3.8) is 0 Å². The molecule has 1 saturated heterocycles. The molecule has 34 heavy (non-hydrogen) atoms. The van der Waals surface area contributed by atoms with Crippen molar-refractivity contribution in [1.29, 1.82) is 0 Å². The highest BCUT2D eigenvalue weighted by Crippen LogP contribution is 2.40. The molecule has 8 heteroatoms. The average molecular weight is 517 g/mol. The van der Waals surface area contributed by atoms with Crippen LogP contribution in [0, 0.1) is 5.92 Å². The Morgan fingerprint density at radius 3 is 2.53 bits per heavy atom. The Hall–Kier alpha value is -2.41. The van der Waals surface area contributed by atoms with Gasteiger partial charge in [-0.2, -0.15) is 0 Å². The zero-order valence-electron chi connectivity index (χ0n) is 18.6. The summed E-state index contributed by atoms with van der Waals surface area (Å²) in [5.41, 5.74) is 1.77. The highest BCUT2D eigenvalue weighted by atomic mass is 35.5. The minimum absolute atomic E-state index is 0.0424. The summed E-state index contributed by atoms with van der Waals surface area (Å²) in [6.07, 6.45) is 9.51. The molecule has 0 spiro atoms. The number of nitrogens with zero attached hydrogens (tertiary/aromatic N) is 2. The van der Waals surface area contributed by atoms with Crippen LogP contribution in [0.4, 0.5) is 5.69 Å². The fourth-order valence-corrected chi connectivity index (χ4v) is 5.60. The average Bonchev–Trinajstić information content (AvgIpc) is 2.87. The molecular weight excluding hydrogens is 491 g/mol. The van der Waals surface area contributed by atoms with Gasteiger partial charge in [-0.1, -0.05) is 59.2 Å². The second-order valence-electron chi connectivity index (χ2n) is 8.36. The van der Waals surface area contributed by atoms with E-state index in [0.29, 0.717) is 35.0 Å². The van der Waals surface area contributed by atoms with Crippen molar-refractivity contribution in [1.82, 2.24) is 4.90 Å². The Morgan fingerprint density at radius 1 is 1.03 bits per heavy atom. The van der Waals surface area contributed by atoms with Gasteiger partial charge >= 0.3 is 5.97 Å². The van der Waals surface area contributed by atoms with Crippen molar-refractivity contribution in [2.45, 2.75) is 29.1 Å². The van der Waals surface area contributed by atoms with Crippen LogP contribution in [0.2, 0.25) is 10.0 Å². The second kappa shape index (κ2) is 11.3. The van der Waals surface area contributed by atoms with E-state index in [0.717, 1.165) is 41.5 Å².